The van der Waals surface area contributed by atoms with Crippen LogP contribution < -0.4 is 5.32 Å². The topological polar surface area (TPSA) is 51.2 Å². The SMILES string of the molecule is CCOCC(=O)N[C@@H](C)c1sc(-c2ccccc2F)nc1C. The molecule has 0 radical (unpaired) electrons. The third kappa shape index (κ3) is 3.90. The zero-order chi connectivity index (χ0) is 16.1. The Kier molecular flexibility index (Phi) is 5.63. The van der Waals surface area contributed by atoms with E-state index in [1.165, 1.54) is 17.4 Å². The number of benzene rings is 1. The summed E-state index contributed by atoms with van der Waals surface area (Å²) in [5.74, 6) is -0.467. The first-order chi connectivity index (χ1) is 10.5. The predicted molar refractivity (Wildman–Crippen MR) is 85.3 cm³/mol. The highest BCUT2D eigenvalue weighted by molar-refractivity contribution is 7.15. The lowest BCUT2D eigenvalue weighted by Gasteiger charge is -2.12. The number of ether oxygens (including phenoxy) is 1. The molecule has 2 aromatic rings. The molecule has 0 fully saturated rings. The van der Waals surface area contributed by atoms with Gasteiger partial charge in [-0.1, -0.05) is 12.1 Å². The minimum absolute atomic E-state index is 0.0405. The maximum absolute atomic E-state index is 13.8. The summed E-state index contributed by atoms with van der Waals surface area (Å²) in [5.41, 5.74) is 1.28. The van der Waals surface area contributed by atoms with Crippen LogP contribution in [0.25, 0.3) is 10.6 Å². The number of thiazole rings is 1. The number of halogens is 1. The van der Waals surface area contributed by atoms with Crippen molar-refractivity contribution in [1.82, 2.24) is 10.3 Å². The molecule has 4 nitrogen and oxygen atoms in total. The summed E-state index contributed by atoms with van der Waals surface area (Å²) < 4.78 is 18.9. The van der Waals surface area contributed by atoms with Crippen molar-refractivity contribution in [3.05, 3.63) is 40.7 Å². The van der Waals surface area contributed by atoms with Crippen LogP contribution in [0.2, 0.25) is 0 Å². The van der Waals surface area contributed by atoms with Crippen molar-refractivity contribution in [3.8, 4) is 10.6 Å². The Balaban J connectivity index is 2.16. The van der Waals surface area contributed by atoms with Crippen LogP contribution in [-0.2, 0) is 9.53 Å². The van der Waals surface area contributed by atoms with E-state index in [4.69, 9.17) is 4.74 Å². The molecule has 0 bridgehead atoms. The fourth-order valence-electron chi connectivity index (χ4n) is 2.10. The Morgan fingerprint density at radius 1 is 1.45 bits per heavy atom. The molecule has 0 aliphatic heterocycles. The highest BCUT2D eigenvalue weighted by atomic mass is 32.1. The van der Waals surface area contributed by atoms with Gasteiger partial charge in [0.15, 0.2) is 0 Å². The van der Waals surface area contributed by atoms with Gasteiger partial charge in [-0.25, -0.2) is 9.37 Å². The van der Waals surface area contributed by atoms with E-state index >= 15 is 0 Å². The zero-order valence-electron chi connectivity index (χ0n) is 12.9. The number of amides is 1. The van der Waals surface area contributed by atoms with Crippen molar-refractivity contribution in [3.63, 3.8) is 0 Å². The molecule has 1 amide bonds. The fraction of sp³-hybridized carbons (Fsp3) is 0.375. The first-order valence-corrected chi connectivity index (χ1v) is 7.94. The first kappa shape index (κ1) is 16.6. The van der Waals surface area contributed by atoms with Crippen molar-refractivity contribution in [1.29, 1.82) is 0 Å². The van der Waals surface area contributed by atoms with Crippen LogP contribution in [-0.4, -0.2) is 24.1 Å². The number of aromatic nitrogens is 1. The van der Waals surface area contributed by atoms with Crippen LogP contribution in [0.15, 0.2) is 24.3 Å². The zero-order valence-corrected chi connectivity index (χ0v) is 13.7. The van der Waals surface area contributed by atoms with Gasteiger partial charge in [0.1, 0.15) is 17.4 Å². The molecule has 22 heavy (non-hydrogen) atoms. The van der Waals surface area contributed by atoms with Crippen molar-refractivity contribution in [2.75, 3.05) is 13.2 Å². The summed E-state index contributed by atoms with van der Waals surface area (Å²) in [6.07, 6.45) is 0. The van der Waals surface area contributed by atoms with E-state index in [-0.39, 0.29) is 24.4 Å². The van der Waals surface area contributed by atoms with Crippen molar-refractivity contribution < 1.29 is 13.9 Å². The molecule has 1 atom stereocenters. The quantitative estimate of drug-likeness (QED) is 0.886. The molecule has 2 rings (SSSR count). The predicted octanol–water partition coefficient (Wildman–Crippen LogP) is 3.47. The molecule has 1 N–H and O–H groups in total. The Morgan fingerprint density at radius 2 is 2.18 bits per heavy atom. The Morgan fingerprint density at radius 3 is 2.86 bits per heavy atom. The van der Waals surface area contributed by atoms with E-state index in [1.807, 2.05) is 20.8 Å². The number of rotatable bonds is 6. The lowest BCUT2D eigenvalue weighted by molar-refractivity contribution is -0.126. The van der Waals surface area contributed by atoms with E-state index in [0.717, 1.165) is 10.6 Å². The second-order valence-electron chi connectivity index (χ2n) is 4.87. The molecule has 1 heterocycles. The number of hydrogen-bond acceptors (Lipinski definition) is 4. The van der Waals surface area contributed by atoms with Crippen molar-refractivity contribution >= 4 is 17.2 Å². The van der Waals surface area contributed by atoms with Crippen LogP contribution >= 0.6 is 11.3 Å². The van der Waals surface area contributed by atoms with E-state index < -0.39 is 0 Å². The van der Waals surface area contributed by atoms with Crippen LogP contribution in [0.1, 0.15) is 30.5 Å². The molecule has 1 aromatic carbocycles. The minimum atomic E-state index is -0.296. The van der Waals surface area contributed by atoms with Gasteiger partial charge in [0.2, 0.25) is 5.91 Å². The fourth-order valence-corrected chi connectivity index (χ4v) is 3.20. The van der Waals surface area contributed by atoms with Crippen LogP contribution in [0.5, 0.6) is 0 Å². The van der Waals surface area contributed by atoms with Gasteiger partial charge in [-0.2, -0.15) is 0 Å². The number of hydrogen-bond donors (Lipinski definition) is 1. The first-order valence-electron chi connectivity index (χ1n) is 7.12. The van der Waals surface area contributed by atoms with Crippen LogP contribution in [0.4, 0.5) is 4.39 Å². The van der Waals surface area contributed by atoms with E-state index in [0.29, 0.717) is 17.2 Å². The monoisotopic (exact) mass is 322 g/mol. The molecule has 0 spiro atoms. The molecule has 0 saturated heterocycles. The molecule has 1 aromatic heterocycles. The van der Waals surface area contributed by atoms with E-state index in [9.17, 15) is 9.18 Å². The highest BCUT2D eigenvalue weighted by Crippen LogP contribution is 2.32. The van der Waals surface area contributed by atoms with Gasteiger partial charge in [-0.15, -0.1) is 11.3 Å². The van der Waals surface area contributed by atoms with Crippen LogP contribution in [0, 0.1) is 12.7 Å². The Hall–Kier alpha value is -1.79. The Bertz CT molecular complexity index is 657. The van der Waals surface area contributed by atoms with Gasteiger partial charge in [0.05, 0.1) is 16.6 Å². The number of carbonyl (C=O) groups is 1. The standard InChI is InChI=1S/C16H19FN2O2S/c1-4-21-9-14(20)18-10(2)15-11(3)19-16(22-15)12-7-5-6-8-13(12)17/h5-8,10H,4,9H2,1-3H3,(H,18,20)/t10-/m0/s1. The summed E-state index contributed by atoms with van der Waals surface area (Å²) >= 11 is 1.39. The number of carbonyl (C=O) groups excluding carboxylic acids is 1. The van der Waals surface area contributed by atoms with Crippen LogP contribution in [0.3, 0.4) is 0 Å². The molecular weight excluding hydrogens is 303 g/mol. The van der Waals surface area contributed by atoms with Gasteiger partial charge >= 0.3 is 0 Å². The smallest absolute Gasteiger partial charge is 0.246 e. The summed E-state index contributed by atoms with van der Waals surface area (Å²) in [6, 6.07) is 6.36. The molecule has 6 heteroatoms. The Labute approximate surface area is 133 Å². The lowest BCUT2D eigenvalue weighted by atomic mass is 10.2. The average molecular weight is 322 g/mol. The third-order valence-corrected chi connectivity index (χ3v) is 4.52. The number of aryl methyl sites for hydroxylation is 1. The molecule has 0 aliphatic carbocycles. The second kappa shape index (κ2) is 7.47. The average Bonchev–Trinajstić information content (AvgIpc) is 2.87. The third-order valence-electron chi connectivity index (χ3n) is 3.14. The minimum Gasteiger partial charge on any atom is -0.372 e. The normalized spacial score (nSPS) is 12.2. The van der Waals surface area contributed by atoms with Gasteiger partial charge in [-0.3, -0.25) is 4.79 Å². The van der Waals surface area contributed by atoms with E-state index in [2.05, 4.69) is 10.3 Å². The summed E-state index contributed by atoms with van der Waals surface area (Å²) in [7, 11) is 0. The van der Waals surface area contributed by atoms with Crippen molar-refractivity contribution in [2.45, 2.75) is 26.8 Å². The molecule has 0 aliphatic rings. The van der Waals surface area contributed by atoms with Gasteiger partial charge < -0.3 is 10.1 Å². The largest absolute Gasteiger partial charge is 0.372 e. The van der Waals surface area contributed by atoms with Gasteiger partial charge in [-0.05, 0) is 32.9 Å². The molecular formula is C16H19FN2O2S. The summed E-state index contributed by atoms with van der Waals surface area (Å²) in [6.45, 7) is 6.12. The summed E-state index contributed by atoms with van der Waals surface area (Å²) in [4.78, 5) is 17.1. The number of nitrogens with zero attached hydrogens (tertiary/aromatic N) is 1. The maximum Gasteiger partial charge on any atom is 0.246 e. The molecule has 0 unspecified atom stereocenters. The van der Waals surface area contributed by atoms with E-state index in [1.54, 1.807) is 18.2 Å². The second-order valence-corrected chi connectivity index (χ2v) is 5.91. The molecule has 0 saturated carbocycles. The van der Waals surface area contributed by atoms with Crippen molar-refractivity contribution in [2.24, 2.45) is 0 Å². The summed E-state index contributed by atoms with van der Waals surface area (Å²) in [5, 5.41) is 3.49. The lowest BCUT2D eigenvalue weighted by Crippen LogP contribution is -2.30. The highest BCUT2D eigenvalue weighted by Gasteiger charge is 2.18. The van der Waals surface area contributed by atoms with Gasteiger partial charge in [0, 0.05) is 12.2 Å². The number of nitrogens with one attached hydrogen (secondary N) is 1. The van der Waals surface area contributed by atoms with Gasteiger partial charge in [0.25, 0.3) is 0 Å². The molecule has 118 valence electrons. The maximum atomic E-state index is 13.8.